The van der Waals surface area contributed by atoms with Gasteiger partial charge >= 0.3 is 0 Å². The van der Waals surface area contributed by atoms with E-state index in [2.05, 4.69) is 49.9 Å². The maximum absolute atomic E-state index is 14.7. The fourth-order valence-electron chi connectivity index (χ4n) is 4.26. The molecule has 2 aliphatic heterocycles. The number of thioether (sulfide) groups is 1. The van der Waals surface area contributed by atoms with Gasteiger partial charge in [-0.15, -0.1) is 11.8 Å². The Balaban J connectivity index is 1.26. The first-order valence-corrected chi connectivity index (χ1v) is 12.0. The van der Waals surface area contributed by atoms with Crippen LogP contribution in [0.5, 0.6) is 0 Å². The second kappa shape index (κ2) is 9.76. The van der Waals surface area contributed by atoms with Crippen molar-refractivity contribution >= 4 is 17.4 Å². The average Bonchev–Trinajstić information content (AvgIpc) is 3.49. The zero-order chi connectivity index (χ0) is 22.7. The number of aromatic nitrogens is 3. The van der Waals surface area contributed by atoms with Crippen LogP contribution in [0.2, 0.25) is 0 Å². The first kappa shape index (κ1) is 22.3. The zero-order valence-electron chi connectivity index (χ0n) is 18.1. The molecule has 2 unspecified atom stereocenters. The van der Waals surface area contributed by atoms with Crippen LogP contribution in [0.1, 0.15) is 11.1 Å². The van der Waals surface area contributed by atoms with Crippen molar-refractivity contribution in [1.82, 2.24) is 25.4 Å². The van der Waals surface area contributed by atoms with Gasteiger partial charge in [0.15, 0.2) is 5.72 Å². The fraction of sp³-hybridized carbons (Fsp3) is 0.391. The molecule has 33 heavy (non-hydrogen) atoms. The first-order valence-electron chi connectivity index (χ1n) is 11.0. The molecular weight excluding hydrogens is 446 g/mol. The van der Waals surface area contributed by atoms with E-state index < -0.39 is 17.4 Å². The van der Waals surface area contributed by atoms with E-state index in [1.165, 1.54) is 29.7 Å². The number of anilines is 1. The molecular formula is C23H26F2N6OS. The average molecular weight is 473 g/mol. The number of rotatable bonds is 7. The molecule has 0 saturated carbocycles. The minimum atomic E-state index is -1.16. The summed E-state index contributed by atoms with van der Waals surface area (Å²) in [6.45, 7) is 4.79. The Morgan fingerprint density at radius 2 is 1.94 bits per heavy atom. The molecule has 1 aromatic heterocycles. The third-order valence-electron chi connectivity index (χ3n) is 5.96. The number of hydrogen-bond donors (Lipinski definition) is 2. The number of piperazine rings is 1. The molecule has 5 rings (SSSR count). The van der Waals surface area contributed by atoms with Crippen LogP contribution in [-0.2, 0) is 22.8 Å². The smallest absolute Gasteiger partial charge is 0.169 e. The van der Waals surface area contributed by atoms with Gasteiger partial charge in [0.05, 0.1) is 6.54 Å². The normalized spacial score (nSPS) is 23.2. The van der Waals surface area contributed by atoms with E-state index >= 15 is 0 Å². The van der Waals surface area contributed by atoms with Crippen molar-refractivity contribution in [2.75, 3.05) is 37.6 Å². The highest BCUT2D eigenvalue weighted by Gasteiger charge is 2.44. The van der Waals surface area contributed by atoms with Gasteiger partial charge in [-0.05, 0) is 29.8 Å². The number of benzene rings is 2. The van der Waals surface area contributed by atoms with Gasteiger partial charge in [-0.25, -0.2) is 18.4 Å². The van der Waals surface area contributed by atoms with Crippen LogP contribution in [0.25, 0.3) is 0 Å². The standard InChI is InChI=1S/C23H26F2N6OS/c24-18-3-6-20(21(25)11-18)23(14-31-16-27-15-29-31)28-12-22(32-23)33-13-17-1-4-19(5-2-17)30-9-7-26-8-10-30/h1-6,11,15-16,22,26,28H,7-10,12-14H2. The Morgan fingerprint density at radius 3 is 2.67 bits per heavy atom. The largest absolute Gasteiger partial charge is 0.369 e. The molecule has 0 aliphatic carbocycles. The second-order valence-corrected chi connectivity index (χ2v) is 9.33. The minimum absolute atomic E-state index is 0.203. The minimum Gasteiger partial charge on any atom is -0.369 e. The molecule has 0 radical (unpaired) electrons. The van der Waals surface area contributed by atoms with Gasteiger partial charge in [0.25, 0.3) is 0 Å². The molecule has 0 bridgehead atoms. The van der Waals surface area contributed by atoms with Crippen LogP contribution in [0.15, 0.2) is 55.1 Å². The van der Waals surface area contributed by atoms with Crippen molar-refractivity contribution < 1.29 is 13.5 Å². The summed E-state index contributed by atoms with van der Waals surface area (Å²) in [6.07, 6.45) is 2.97. The van der Waals surface area contributed by atoms with Gasteiger partial charge in [0, 0.05) is 55.8 Å². The van der Waals surface area contributed by atoms with Gasteiger partial charge < -0.3 is 15.0 Å². The Kier molecular flexibility index (Phi) is 6.59. The molecule has 2 aliphatic rings. The Morgan fingerprint density at radius 1 is 1.12 bits per heavy atom. The molecule has 10 heteroatoms. The Labute approximate surface area is 195 Å². The van der Waals surface area contributed by atoms with E-state index in [-0.39, 0.29) is 17.5 Å². The van der Waals surface area contributed by atoms with Crippen molar-refractivity contribution in [2.24, 2.45) is 0 Å². The summed E-state index contributed by atoms with van der Waals surface area (Å²) >= 11 is 1.65. The highest BCUT2D eigenvalue weighted by Crippen LogP contribution is 2.37. The van der Waals surface area contributed by atoms with E-state index in [4.69, 9.17) is 4.74 Å². The number of nitrogens with zero attached hydrogens (tertiary/aromatic N) is 4. The SMILES string of the molecule is Fc1ccc(C2(Cn3cncn3)NCC(SCc3ccc(N4CCNCC4)cc3)O2)c(F)c1. The molecule has 0 spiro atoms. The number of ether oxygens (including phenoxy) is 1. The zero-order valence-corrected chi connectivity index (χ0v) is 18.9. The lowest BCUT2D eigenvalue weighted by Crippen LogP contribution is -2.43. The van der Waals surface area contributed by atoms with Gasteiger partial charge in [0.1, 0.15) is 29.7 Å². The van der Waals surface area contributed by atoms with Crippen molar-refractivity contribution in [1.29, 1.82) is 0 Å². The van der Waals surface area contributed by atoms with Gasteiger partial charge in [-0.1, -0.05) is 12.1 Å². The van der Waals surface area contributed by atoms with Crippen LogP contribution in [-0.4, -0.2) is 52.9 Å². The maximum Gasteiger partial charge on any atom is 0.169 e. The van der Waals surface area contributed by atoms with Crippen molar-refractivity contribution in [3.63, 3.8) is 0 Å². The first-order chi connectivity index (χ1) is 16.1. The van der Waals surface area contributed by atoms with Crippen LogP contribution >= 0.6 is 11.8 Å². The molecule has 174 valence electrons. The van der Waals surface area contributed by atoms with Crippen LogP contribution in [0.3, 0.4) is 0 Å². The third-order valence-corrected chi connectivity index (χ3v) is 7.09. The molecule has 3 aromatic rings. The van der Waals surface area contributed by atoms with Crippen molar-refractivity contribution in [3.8, 4) is 0 Å². The molecule has 2 N–H and O–H groups in total. The van der Waals surface area contributed by atoms with E-state index in [0.717, 1.165) is 38.0 Å². The third kappa shape index (κ3) is 5.03. The van der Waals surface area contributed by atoms with Crippen LogP contribution in [0.4, 0.5) is 14.5 Å². The van der Waals surface area contributed by atoms with Gasteiger partial charge in [0.2, 0.25) is 0 Å². The Bertz CT molecular complexity index is 1060. The second-order valence-electron chi connectivity index (χ2n) is 8.19. The molecule has 2 saturated heterocycles. The number of halogens is 2. The molecule has 2 aromatic carbocycles. The summed E-state index contributed by atoms with van der Waals surface area (Å²) in [4.78, 5) is 6.35. The highest BCUT2D eigenvalue weighted by atomic mass is 32.2. The van der Waals surface area contributed by atoms with Gasteiger partial charge in [-0.2, -0.15) is 5.10 Å². The van der Waals surface area contributed by atoms with E-state index in [1.807, 2.05) is 0 Å². The van der Waals surface area contributed by atoms with Gasteiger partial charge in [-0.3, -0.25) is 5.32 Å². The molecule has 2 atom stereocenters. The van der Waals surface area contributed by atoms with E-state index in [9.17, 15) is 8.78 Å². The lowest BCUT2D eigenvalue weighted by atomic mass is 10.0. The molecule has 2 fully saturated rings. The maximum atomic E-state index is 14.7. The molecule has 0 amide bonds. The highest BCUT2D eigenvalue weighted by molar-refractivity contribution is 7.99. The summed E-state index contributed by atoms with van der Waals surface area (Å²) in [5.41, 5.74) is 1.33. The van der Waals surface area contributed by atoms with Crippen LogP contribution in [0, 0.1) is 11.6 Å². The quantitative estimate of drug-likeness (QED) is 0.548. The molecule has 7 nitrogen and oxygen atoms in total. The van der Waals surface area contributed by atoms with E-state index in [0.29, 0.717) is 6.54 Å². The van der Waals surface area contributed by atoms with E-state index in [1.54, 1.807) is 22.8 Å². The predicted molar refractivity (Wildman–Crippen MR) is 124 cm³/mol. The van der Waals surface area contributed by atoms with Crippen LogP contribution < -0.4 is 15.5 Å². The summed E-state index contributed by atoms with van der Waals surface area (Å²) in [5, 5.41) is 10.8. The lowest BCUT2D eigenvalue weighted by molar-refractivity contribution is -0.0451. The monoisotopic (exact) mass is 472 g/mol. The number of nitrogens with one attached hydrogen (secondary N) is 2. The summed E-state index contributed by atoms with van der Waals surface area (Å²) < 4.78 is 36.2. The van der Waals surface area contributed by atoms with Crippen molar-refractivity contribution in [2.45, 2.75) is 23.5 Å². The van der Waals surface area contributed by atoms with Crippen molar-refractivity contribution in [3.05, 3.63) is 77.9 Å². The topological polar surface area (TPSA) is 67.2 Å². The lowest BCUT2D eigenvalue weighted by Gasteiger charge is -2.30. The Hall–Kier alpha value is -2.53. The fourth-order valence-corrected chi connectivity index (χ4v) is 5.26. The summed E-state index contributed by atoms with van der Waals surface area (Å²) in [6, 6.07) is 12.2. The number of hydrogen-bond acceptors (Lipinski definition) is 7. The summed E-state index contributed by atoms with van der Waals surface area (Å²) in [7, 11) is 0. The summed E-state index contributed by atoms with van der Waals surface area (Å²) in [5.74, 6) is -0.517. The molecule has 3 heterocycles. The predicted octanol–water partition coefficient (Wildman–Crippen LogP) is 2.70.